The second-order valence-corrected chi connectivity index (χ2v) is 7.23. The topological polar surface area (TPSA) is 83.7 Å². The fourth-order valence-electron chi connectivity index (χ4n) is 3.84. The first-order chi connectivity index (χ1) is 14.6. The number of rotatable bonds is 5. The zero-order valence-electron chi connectivity index (χ0n) is 16.8. The van der Waals surface area contributed by atoms with Crippen LogP contribution in [0.2, 0.25) is 0 Å². The van der Waals surface area contributed by atoms with E-state index in [1.54, 1.807) is 12.1 Å². The third-order valence-electron chi connectivity index (χ3n) is 5.27. The third-order valence-corrected chi connectivity index (χ3v) is 5.27. The first-order valence-electron chi connectivity index (χ1n) is 9.96. The van der Waals surface area contributed by atoms with Gasteiger partial charge in [0, 0.05) is 29.7 Å². The van der Waals surface area contributed by atoms with Gasteiger partial charge in [0.2, 0.25) is 0 Å². The maximum absolute atomic E-state index is 12.8. The van der Waals surface area contributed by atoms with Crippen molar-refractivity contribution in [3.8, 4) is 0 Å². The lowest BCUT2D eigenvalue weighted by atomic mass is 9.93. The molecule has 0 unspecified atom stereocenters. The Hall–Kier alpha value is -3.67. The molecule has 0 aliphatic heterocycles. The van der Waals surface area contributed by atoms with Crippen molar-refractivity contribution < 1.29 is 14.0 Å². The van der Waals surface area contributed by atoms with Crippen molar-refractivity contribution >= 4 is 28.3 Å². The number of aryl methyl sites for hydroxylation is 1. The molecule has 0 fully saturated rings. The Kier molecular flexibility index (Phi) is 5.48. The van der Waals surface area contributed by atoms with Gasteiger partial charge in [-0.15, -0.1) is 6.58 Å². The van der Waals surface area contributed by atoms with E-state index >= 15 is 0 Å². The molecule has 30 heavy (non-hydrogen) atoms. The van der Waals surface area contributed by atoms with Crippen molar-refractivity contribution in [3.05, 3.63) is 83.3 Å². The molecule has 1 aliphatic carbocycles. The number of carbonyl (C=O) groups is 2. The number of hydrogen-bond donors (Lipinski definition) is 2. The van der Waals surface area contributed by atoms with Gasteiger partial charge in [0.05, 0.1) is 5.71 Å². The monoisotopic (exact) mass is 401 g/mol. The summed E-state index contributed by atoms with van der Waals surface area (Å²) in [6.45, 7) is 5.82. The SMILES string of the molecule is C=CCNC(=O)c1oc2c(c1C)/C(=N/NC(=O)c1cccc3ccccc13)CCC2. The molecule has 0 radical (unpaired) electrons. The lowest BCUT2D eigenvalue weighted by Crippen LogP contribution is -2.24. The number of amides is 2. The van der Waals surface area contributed by atoms with Crippen molar-refractivity contribution in [2.45, 2.75) is 26.2 Å². The van der Waals surface area contributed by atoms with Gasteiger partial charge in [-0.2, -0.15) is 5.10 Å². The molecule has 1 heterocycles. The molecule has 0 atom stereocenters. The average Bonchev–Trinajstić information content (AvgIpc) is 3.12. The highest BCUT2D eigenvalue weighted by Gasteiger charge is 2.28. The minimum Gasteiger partial charge on any atom is -0.455 e. The summed E-state index contributed by atoms with van der Waals surface area (Å²) in [4.78, 5) is 25.2. The maximum Gasteiger partial charge on any atom is 0.287 e. The molecule has 0 spiro atoms. The minimum absolute atomic E-state index is 0.267. The number of fused-ring (bicyclic) bond motifs is 2. The molecule has 2 aromatic carbocycles. The molecular weight excluding hydrogens is 378 g/mol. The zero-order chi connectivity index (χ0) is 21.1. The summed E-state index contributed by atoms with van der Waals surface area (Å²) in [5.74, 6) is 0.481. The summed E-state index contributed by atoms with van der Waals surface area (Å²) in [5, 5.41) is 9.03. The highest BCUT2D eigenvalue weighted by molar-refractivity contribution is 6.09. The van der Waals surface area contributed by atoms with E-state index in [2.05, 4.69) is 22.4 Å². The average molecular weight is 401 g/mol. The Morgan fingerprint density at radius 1 is 1.13 bits per heavy atom. The quantitative estimate of drug-likeness (QED) is 0.498. The smallest absolute Gasteiger partial charge is 0.287 e. The van der Waals surface area contributed by atoms with Crippen LogP contribution in [0.4, 0.5) is 0 Å². The van der Waals surface area contributed by atoms with Gasteiger partial charge in [-0.05, 0) is 36.6 Å². The minimum atomic E-state index is -0.277. The van der Waals surface area contributed by atoms with Gasteiger partial charge in [0.15, 0.2) is 5.76 Å². The van der Waals surface area contributed by atoms with E-state index in [-0.39, 0.29) is 17.6 Å². The Bertz CT molecular complexity index is 1170. The van der Waals surface area contributed by atoms with Crippen LogP contribution in [0.5, 0.6) is 0 Å². The van der Waals surface area contributed by atoms with Gasteiger partial charge in [-0.1, -0.05) is 42.5 Å². The van der Waals surface area contributed by atoms with Crippen LogP contribution in [0.25, 0.3) is 10.8 Å². The number of nitrogens with zero attached hydrogens (tertiary/aromatic N) is 1. The number of nitrogens with one attached hydrogen (secondary N) is 2. The maximum atomic E-state index is 12.8. The second kappa shape index (κ2) is 8.37. The van der Waals surface area contributed by atoms with Crippen LogP contribution in [0.1, 0.15) is 50.6 Å². The normalized spacial score (nSPS) is 14.4. The summed E-state index contributed by atoms with van der Waals surface area (Å²) in [7, 11) is 0. The molecule has 6 heteroatoms. The molecule has 1 aromatic heterocycles. The Morgan fingerprint density at radius 3 is 2.77 bits per heavy atom. The number of benzene rings is 2. The second-order valence-electron chi connectivity index (χ2n) is 7.23. The predicted octanol–water partition coefficient (Wildman–Crippen LogP) is 4.13. The first kappa shape index (κ1) is 19.6. The van der Waals surface area contributed by atoms with Crippen molar-refractivity contribution in [1.82, 2.24) is 10.7 Å². The van der Waals surface area contributed by atoms with Crippen LogP contribution in [-0.2, 0) is 6.42 Å². The molecule has 0 saturated heterocycles. The van der Waals surface area contributed by atoms with Crippen LogP contribution in [-0.4, -0.2) is 24.1 Å². The van der Waals surface area contributed by atoms with Gasteiger partial charge < -0.3 is 9.73 Å². The molecule has 0 saturated carbocycles. The van der Waals surface area contributed by atoms with Crippen LogP contribution in [0, 0.1) is 6.92 Å². The van der Waals surface area contributed by atoms with E-state index in [9.17, 15) is 9.59 Å². The third kappa shape index (κ3) is 3.64. The number of hydrazone groups is 1. The molecule has 1 aliphatic rings. The van der Waals surface area contributed by atoms with E-state index in [1.165, 1.54) is 0 Å². The van der Waals surface area contributed by atoms with Crippen LogP contribution in [0.3, 0.4) is 0 Å². The zero-order valence-corrected chi connectivity index (χ0v) is 16.8. The summed E-state index contributed by atoms with van der Waals surface area (Å²) in [5.41, 5.74) is 5.56. The van der Waals surface area contributed by atoms with Crippen molar-refractivity contribution in [1.29, 1.82) is 0 Å². The fourth-order valence-corrected chi connectivity index (χ4v) is 3.84. The number of hydrogen-bond acceptors (Lipinski definition) is 4. The number of furan rings is 1. The van der Waals surface area contributed by atoms with Gasteiger partial charge >= 0.3 is 0 Å². The Morgan fingerprint density at radius 2 is 1.93 bits per heavy atom. The molecule has 152 valence electrons. The van der Waals surface area contributed by atoms with Crippen LogP contribution >= 0.6 is 0 Å². The lowest BCUT2D eigenvalue weighted by molar-refractivity contribution is 0.0926. The summed E-state index contributed by atoms with van der Waals surface area (Å²) in [6.07, 6.45) is 3.90. The summed E-state index contributed by atoms with van der Waals surface area (Å²) < 4.78 is 5.84. The Balaban J connectivity index is 1.61. The van der Waals surface area contributed by atoms with Gasteiger partial charge in [-0.3, -0.25) is 9.59 Å². The fraction of sp³-hybridized carbons (Fsp3) is 0.208. The van der Waals surface area contributed by atoms with Gasteiger partial charge in [0.1, 0.15) is 5.76 Å². The van der Waals surface area contributed by atoms with E-state index in [1.807, 2.05) is 43.3 Å². The van der Waals surface area contributed by atoms with E-state index in [0.717, 1.165) is 46.2 Å². The van der Waals surface area contributed by atoms with E-state index in [0.29, 0.717) is 18.5 Å². The van der Waals surface area contributed by atoms with Crippen molar-refractivity contribution in [2.24, 2.45) is 5.10 Å². The first-order valence-corrected chi connectivity index (χ1v) is 9.96. The number of carbonyl (C=O) groups excluding carboxylic acids is 2. The molecule has 6 nitrogen and oxygen atoms in total. The molecule has 4 rings (SSSR count). The predicted molar refractivity (Wildman–Crippen MR) is 117 cm³/mol. The standard InChI is InChI=1S/C24H23N3O3/c1-3-14-25-24(29)22-15(2)21-19(12-7-13-20(21)30-22)26-27-23(28)18-11-6-9-16-8-4-5-10-17(16)18/h3-6,8-11H,1,7,12-14H2,2H3,(H,25,29)(H,27,28)/b26-19+. The van der Waals surface area contributed by atoms with Gasteiger partial charge in [-0.25, -0.2) is 5.43 Å². The highest BCUT2D eigenvalue weighted by atomic mass is 16.4. The molecule has 2 N–H and O–H groups in total. The van der Waals surface area contributed by atoms with Crippen molar-refractivity contribution in [2.75, 3.05) is 6.54 Å². The highest BCUT2D eigenvalue weighted by Crippen LogP contribution is 2.30. The van der Waals surface area contributed by atoms with Crippen LogP contribution in [0.15, 0.2) is 64.6 Å². The molecular formula is C24H23N3O3. The molecule has 0 bridgehead atoms. The van der Waals surface area contributed by atoms with Crippen LogP contribution < -0.4 is 10.7 Å². The largest absolute Gasteiger partial charge is 0.455 e. The Labute approximate surface area is 174 Å². The molecule has 3 aromatic rings. The summed E-state index contributed by atoms with van der Waals surface area (Å²) in [6, 6.07) is 13.4. The summed E-state index contributed by atoms with van der Waals surface area (Å²) >= 11 is 0. The van der Waals surface area contributed by atoms with E-state index in [4.69, 9.17) is 4.42 Å². The van der Waals surface area contributed by atoms with E-state index < -0.39 is 0 Å². The van der Waals surface area contributed by atoms with Crippen molar-refractivity contribution in [3.63, 3.8) is 0 Å². The lowest BCUT2D eigenvalue weighted by Gasteiger charge is -2.13. The van der Waals surface area contributed by atoms with Gasteiger partial charge in [0.25, 0.3) is 11.8 Å². The molecule has 2 amide bonds.